The van der Waals surface area contributed by atoms with Crippen LogP contribution in [0, 0.1) is 0 Å². The zero-order valence-electron chi connectivity index (χ0n) is 13.6. The normalized spacial score (nSPS) is 24.0. The van der Waals surface area contributed by atoms with Crippen molar-refractivity contribution in [1.29, 1.82) is 0 Å². The Morgan fingerprint density at radius 2 is 2.08 bits per heavy atom. The third-order valence-electron chi connectivity index (χ3n) is 4.71. The van der Waals surface area contributed by atoms with E-state index in [9.17, 15) is 22.8 Å². The molecule has 0 spiro atoms. The number of nitrogens with one attached hydrogen (secondary N) is 2. The minimum Gasteiger partial charge on any atom is -0.352 e. The average Bonchev–Trinajstić information content (AvgIpc) is 2.52. The number of rotatable bonds is 4. The van der Waals surface area contributed by atoms with E-state index in [-0.39, 0.29) is 36.9 Å². The molecule has 0 unspecified atom stereocenters. The van der Waals surface area contributed by atoms with E-state index >= 15 is 0 Å². The lowest BCUT2D eigenvalue weighted by atomic mass is 9.75. The maximum absolute atomic E-state index is 12.8. The molecular weight excluding hydrogens is 335 g/mol. The molecule has 1 aromatic carbocycles. The summed E-state index contributed by atoms with van der Waals surface area (Å²) in [6, 6.07) is 5.30. The number of alkyl halides is 3. The predicted octanol–water partition coefficient (Wildman–Crippen LogP) is 1.50. The second-order valence-corrected chi connectivity index (χ2v) is 6.55. The average molecular weight is 355 g/mol. The van der Waals surface area contributed by atoms with Crippen LogP contribution in [-0.2, 0) is 15.8 Å². The van der Waals surface area contributed by atoms with Crippen molar-refractivity contribution in [2.24, 2.45) is 0 Å². The molecule has 0 atom stereocenters. The largest absolute Gasteiger partial charge is 0.416 e. The molecular formula is C17H20F3N3O2. The summed E-state index contributed by atoms with van der Waals surface area (Å²) in [6.45, 7) is 1.45. The van der Waals surface area contributed by atoms with Gasteiger partial charge >= 0.3 is 6.18 Å². The highest BCUT2D eigenvalue weighted by Gasteiger charge is 2.35. The Balaban J connectivity index is 1.48. The van der Waals surface area contributed by atoms with Gasteiger partial charge in [0.15, 0.2) is 0 Å². The highest BCUT2D eigenvalue weighted by molar-refractivity contribution is 5.86. The zero-order valence-corrected chi connectivity index (χ0v) is 13.6. The molecule has 1 aliphatic carbocycles. The van der Waals surface area contributed by atoms with E-state index in [1.165, 1.54) is 17.0 Å². The molecule has 25 heavy (non-hydrogen) atoms. The van der Waals surface area contributed by atoms with Crippen LogP contribution >= 0.6 is 0 Å². The van der Waals surface area contributed by atoms with Crippen molar-refractivity contribution in [2.75, 3.05) is 26.2 Å². The summed E-state index contributed by atoms with van der Waals surface area (Å²) in [6.07, 6.45) is -3.12. The number of hydrogen-bond acceptors (Lipinski definition) is 3. The smallest absolute Gasteiger partial charge is 0.352 e. The Labute approximate surface area is 143 Å². The van der Waals surface area contributed by atoms with E-state index in [4.69, 9.17) is 0 Å². The second kappa shape index (κ2) is 7.03. The minimum atomic E-state index is -4.34. The van der Waals surface area contributed by atoms with Crippen molar-refractivity contribution in [2.45, 2.75) is 31.0 Å². The van der Waals surface area contributed by atoms with Gasteiger partial charge in [0.2, 0.25) is 11.8 Å². The molecule has 0 bridgehead atoms. The summed E-state index contributed by atoms with van der Waals surface area (Å²) >= 11 is 0. The highest BCUT2D eigenvalue weighted by atomic mass is 19.4. The van der Waals surface area contributed by atoms with Crippen LogP contribution in [0.2, 0.25) is 0 Å². The van der Waals surface area contributed by atoms with Crippen LogP contribution in [0.5, 0.6) is 0 Å². The van der Waals surface area contributed by atoms with Crippen LogP contribution < -0.4 is 10.6 Å². The lowest BCUT2D eigenvalue weighted by Gasteiger charge is -2.37. The molecule has 1 aliphatic heterocycles. The maximum atomic E-state index is 12.8. The summed E-state index contributed by atoms with van der Waals surface area (Å²) in [5.41, 5.74) is 0.00677. The van der Waals surface area contributed by atoms with Gasteiger partial charge < -0.3 is 15.5 Å². The van der Waals surface area contributed by atoms with Crippen LogP contribution in [0.15, 0.2) is 24.3 Å². The fourth-order valence-electron chi connectivity index (χ4n) is 3.24. The van der Waals surface area contributed by atoms with Crippen LogP contribution in [-0.4, -0.2) is 48.9 Å². The van der Waals surface area contributed by atoms with Crippen molar-refractivity contribution in [3.05, 3.63) is 35.4 Å². The van der Waals surface area contributed by atoms with Gasteiger partial charge in [0.1, 0.15) is 0 Å². The fourth-order valence-corrected chi connectivity index (χ4v) is 3.24. The summed E-state index contributed by atoms with van der Waals surface area (Å²) in [7, 11) is 0. The molecule has 136 valence electrons. The predicted molar refractivity (Wildman–Crippen MR) is 84.8 cm³/mol. The molecule has 0 radical (unpaired) electrons. The van der Waals surface area contributed by atoms with Gasteiger partial charge in [-0.2, -0.15) is 13.2 Å². The van der Waals surface area contributed by atoms with Crippen LogP contribution in [0.3, 0.4) is 0 Å². The number of amides is 2. The quantitative estimate of drug-likeness (QED) is 0.861. The van der Waals surface area contributed by atoms with E-state index in [2.05, 4.69) is 10.6 Å². The Kier molecular flexibility index (Phi) is 4.99. The van der Waals surface area contributed by atoms with Gasteiger partial charge in [0, 0.05) is 19.1 Å². The van der Waals surface area contributed by atoms with E-state index < -0.39 is 11.7 Å². The van der Waals surface area contributed by atoms with Gasteiger partial charge in [-0.15, -0.1) is 0 Å². The van der Waals surface area contributed by atoms with Crippen molar-refractivity contribution < 1.29 is 22.8 Å². The van der Waals surface area contributed by atoms with Crippen LogP contribution in [0.1, 0.15) is 29.9 Å². The number of nitrogens with zero attached hydrogens (tertiary/aromatic N) is 1. The standard InChI is InChI=1S/C17H20F3N3O2/c18-17(19,20)13-3-1-2-11(6-13)12-7-14(8-12)22-15(24)10-23-5-4-21-9-16(23)25/h1-3,6,12,14,21H,4-5,7-10H2,(H,22,24). The van der Waals surface area contributed by atoms with E-state index in [0.29, 0.717) is 31.5 Å². The molecule has 1 saturated heterocycles. The molecule has 2 amide bonds. The van der Waals surface area contributed by atoms with E-state index in [0.717, 1.165) is 6.07 Å². The third kappa shape index (κ3) is 4.31. The van der Waals surface area contributed by atoms with Gasteiger partial charge in [0.05, 0.1) is 18.7 Å². The van der Waals surface area contributed by atoms with Crippen molar-refractivity contribution >= 4 is 11.8 Å². The molecule has 2 fully saturated rings. The molecule has 1 heterocycles. The second-order valence-electron chi connectivity index (χ2n) is 6.55. The fraction of sp³-hybridized carbons (Fsp3) is 0.529. The number of piperazine rings is 1. The Morgan fingerprint density at radius 3 is 2.76 bits per heavy atom. The lowest BCUT2D eigenvalue weighted by molar-refractivity contribution is -0.137. The minimum absolute atomic E-state index is 0.0217. The molecule has 3 rings (SSSR count). The Hall–Kier alpha value is -2.09. The number of hydrogen-bond donors (Lipinski definition) is 2. The van der Waals surface area contributed by atoms with Gasteiger partial charge in [-0.25, -0.2) is 0 Å². The molecule has 8 heteroatoms. The molecule has 2 aliphatic rings. The van der Waals surface area contributed by atoms with Crippen LogP contribution in [0.25, 0.3) is 0 Å². The van der Waals surface area contributed by atoms with E-state index in [1.54, 1.807) is 6.07 Å². The summed E-state index contributed by atoms with van der Waals surface area (Å²) < 4.78 is 38.3. The lowest BCUT2D eigenvalue weighted by Crippen LogP contribution is -2.53. The monoisotopic (exact) mass is 355 g/mol. The first-order valence-electron chi connectivity index (χ1n) is 8.28. The van der Waals surface area contributed by atoms with Gasteiger partial charge in [-0.3, -0.25) is 9.59 Å². The zero-order chi connectivity index (χ0) is 18.0. The Bertz CT molecular complexity index is 657. The van der Waals surface area contributed by atoms with Crippen molar-refractivity contribution in [1.82, 2.24) is 15.5 Å². The van der Waals surface area contributed by atoms with Gasteiger partial charge in [0.25, 0.3) is 0 Å². The number of carbonyl (C=O) groups excluding carboxylic acids is 2. The highest BCUT2D eigenvalue weighted by Crippen LogP contribution is 2.39. The van der Waals surface area contributed by atoms with Gasteiger partial charge in [-0.1, -0.05) is 18.2 Å². The summed E-state index contributed by atoms with van der Waals surface area (Å²) in [5.74, 6) is -0.298. The van der Waals surface area contributed by atoms with Crippen LogP contribution in [0.4, 0.5) is 13.2 Å². The summed E-state index contributed by atoms with van der Waals surface area (Å²) in [5, 5.41) is 5.79. The van der Waals surface area contributed by atoms with Gasteiger partial charge in [-0.05, 0) is 30.4 Å². The topological polar surface area (TPSA) is 61.4 Å². The summed E-state index contributed by atoms with van der Waals surface area (Å²) in [4.78, 5) is 25.2. The molecule has 5 nitrogen and oxygen atoms in total. The molecule has 2 N–H and O–H groups in total. The first kappa shape index (κ1) is 17.7. The number of benzene rings is 1. The SMILES string of the molecule is O=C(CN1CCNCC1=O)NC1CC(c2cccc(C(F)(F)F)c2)C1. The molecule has 1 saturated carbocycles. The van der Waals surface area contributed by atoms with E-state index in [1.807, 2.05) is 0 Å². The first-order valence-corrected chi connectivity index (χ1v) is 8.28. The van der Waals surface area contributed by atoms with Crippen molar-refractivity contribution in [3.63, 3.8) is 0 Å². The molecule has 1 aromatic rings. The molecule has 0 aromatic heterocycles. The first-order chi connectivity index (χ1) is 11.8. The Morgan fingerprint density at radius 1 is 1.32 bits per heavy atom. The van der Waals surface area contributed by atoms with Crippen molar-refractivity contribution in [3.8, 4) is 0 Å². The number of carbonyl (C=O) groups is 2. The number of halogens is 3. The third-order valence-corrected chi connectivity index (χ3v) is 4.71. The maximum Gasteiger partial charge on any atom is 0.416 e.